The van der Waals surface area contributed by atoms with Gasteiger partial charge in [-0.05, 0) is 43.5 Å². The van der Waals surface area contributed by atoms with Crippen LogP contribution in [0.5, 0.6) is 0 Å². The van der Waals surface area contributed by atoms with Crippen LogP contribution in [0.15, 0.2) is 22.7 Å². The standard InChI is InChI=1S/C17H23BrN2O3/c1-3-20(10-17(22)23)14-8-13(9-14)19-16(21)7-12-5-4-6-15(18)11(12)2/h4-6,13-14H,3,7-10H2,1-2H3,(H,19,21)(H,22,23). The summed E-state index contributed by atoms with van der Waals surface area (Å²) >= 11 is 3.48. The number of carboxylic acid groups (broad SMARTS) is 1. The molecule has 0 unspecified atom stereocenters. The van der Waals surface area contributed by atoms with Crippen LogP contribution in [-0.2, 0) is 16.0 Å². The number of amides is 1. The van der Waals surface area contributed by atoms with E-state index < -0.39 is 5.97 Å². The third-order valence-electron chi connectivity index (χ3n) is 4.47. The zero-order valence-corrected chi connectivity index (χ0v) is 15.1. The van der Waals surface area contributed by atoms with Gasteiger partial charge in [-0.25, -0.2) is 0 Å². The van der Waals surface area contributed by atoms with Crippen molar-refractivity contribution >= 4 is 27.8 Å². The zero-order chi connectivity index (χ0) is 17.0. The second-order valence-electron chi connectivity index (χ2n) is 6.05. The lowest BCUT2D eigenvalue weighted by molar-refractivity contribution is -0.139. The first-order valence-electron chi connectivity index (χ1n) is 7.89. The van der Waals surface area contributed by atoms with Crippen molar-refractivity contribution in [3.63, 3.8) is 0 Å². The van der Waals surface area contributed by atoms with E-state index in [1.165, 1.54) is 0 Å². The van der Waals surface area contributed by atoms with Crippen LogP contribution in [0.4, 0.5) is 0 Å². The molecule has 0 aromatic heterocycles. The van der Waals surface area contributed by atoms with E-state index in [1.807, 2.05) is 36.9 Å². The number of benzene rings is 1. The van der Waals surface area contributed by atoms with Crippen LogP contribution >= 0.6 is 15.9 Å². The Labute approximate surface area is 145 Å². The number of nitrogens with one attached hydrogen (secondary N) is 1. The summed E-state index contributed by atoms with van der Waals surface area (Å²) in [6, 6.07) is 6.28. The number of carbonyl (C=O) groups excluding carboxylic acids is 1. The van der Waals surface area contributed by atoms with Gasteiger partial charge < -0.3 is 10.4 Å². The van der Waals surface area contributed by atoms with Crippen LogP contribution in [-0.4, -0.2) is 47.1 Å². The molecule has 0 saturated heterocycles. The molecule has 2 rings (SSSR count). The predicted octanol–water partition coefficient (Wildman–Crippen LogP) is 2.35. The summed E-state index contributed by atoms with van der Waals surface area (Å²) < 4.78 is 1.01. The Balaban J connectivity index is 1.80. The third-order valence-corrected chi connectivity index (χ3v) is 5.33. The summed E-state index contributed by atoms with van der Waals surface area (Å²) in [5.41, 5.74) is 2.11. The first-order chi connectivity index (χ1) is 10.9. The average Bonchev–Trinajstić information content (AvgIpc) is 2.45. The number of nitrogens with zero attached hydrogens (tertiary/aromatic N) is 1. The molecule has 126 valence electrons. The molecule has 5 nitrogen and oxygen atoms in total. The zero-order valence-electron chi connectivity index (χ0n) is 13.5. The molecule has 0 heterocycles. The molecular weight excluding hydrogens is 360 g/mol. The fourth-order valence-electron chi connectivity index (χ4n) is 2.97. The van der Waals surface area contributed by atoms with Gasteiger partial charge in [0.25, 0.3) is 0 Å². The highest BCUT2D eigenvalue weighted by Crippen LogP contribution is 2.26. The maximum absolute atomic E-state index is 12.2. The van der Waals surface area contributed by atoms with Gasteiger partial charge in [0.2, 0.25) is 5.91 Å². The largest absolute Gasteiger partial charge is 0.480 e. The molecule has 0 atom stereocenters. The summed E-state index contributed by atoms with van der Waals surface area (Å²) in [5.74, 6) is -0.777. The van der Waals surface area contributed by atoms with Crippen LogP contribution < -0.4 is 5.32 Å². The fraction of sp³-hybridized carbons (Fsp3) is 0.529. The van der Waals surface area contributed by atoms with Crippen molar-refractivity contribution < 1.29 is 14.7 Å². The molecule has 1 aromatic carbocycles. The fourth-order valence-corrected chi connectivity index (χ4v) is 3.38. The van der Waals surface area contributed by atoms with Gasteiger partial charge in [-0.2, -0.15) is 0 Å². The highest BCUT2D eigenvalue weighted by Gasteiger charge is 2.34. The van der Waals surface area contributed by atoms with Crippen molar-refractivity contribution in [1.82, 2.24) is 10.2 Å². The Bertz CT molecular complexity index is 585. The molecule has 1 aliphatic carbocycles. The van der Waals surface area contributed by atoms with E-state index in [-0.39, 0.29) is 24.5 Å². The van der Waals surface area contributed by atoms with Gasteiger partial charge in [-0.1, -0.05) is 35.0 Å². The van der Waals surface area contributed by atoms with Gasteiger partial charge in [-0.15, -0.1) is 0 Å². The summed E-state index contributed by atoms with van der Waals surface area (Å²) in [5, 5.41) is 11.9. The second-order valence-corrected chi connectivity index (χ2v) is 6.90. The van der Waals surface area contributed by atoms with E-state index in [2.05, 4.69) is 21.2 Å². The molecule has 0 radical (unpaired) electrons. The maximum Gasteiger partial charge on any atom is 0.317 e. The Morgan fingerprint density at radius 2 is 2.09 bits per heavy atom. The predicted molar refractivity (Wildman–Crippen MR) is 92.4 cm³/mol. The molecule has 1 fully saturated rings. The van der Waals surface area contributed by atoms with Crippen LogP contribution in [0.1, 0.15) is 30.9 Å². The Morgan fingerprint density at radius 1 is 1.39 bits per heavy atom. The second kappa shape index (κ2) is 7.93. The Kier molecular flexibility index (Phi) is 6.18. The van der Waals surface area contributed by atoms with Gasteiger partial charge in [0, 0.05) is 16.6 Å². The number of hydrogen-bond donors (Lipinski definition) is 2. The molecule has 1 aromatic rings. The monoisotopic (exact) mass is 382 g/mol. The lowest BCUT2D eigenvalue weighted by Crippen LogP contribution is -2.55. The smallest absolute Gasteiger partial charge is 0.317 e. The summed E-state index contributed by atoms with van der Waals surface area (Å²) in [6.45, 7) is 4.75. The third kappa shape index (κ3) is 4.78. The van der Waals surface area contributed by atoms with E-state index in [0.717, 1.165) is 35.0 Å². The molecule has 2 N–H and O–H groups in total. The van der Waals surface area contributed by atoms with E-state index in [9.17, 15) is 9.59 Å². The van der Waals surface area contributed by atoms with Gasteiger partial charge in [0.05, 0.1) is 13.0 Å². The van der Waals surface area contributed by atoms with Crippen LogP contribution in [0.25, 0.3) is 0 Å². The molecule has 0 spiro atoms. The van der Waals surface area contributed by atoms with Crippen molar-refractivity contribution in [2.45, 2.75) is 45.2 Å². The van der Waals surface area contributed by atoms with Crippen molar-refractivity contribution in [1.29, 1.82) is 0 Å². The number of hydrogen-bond acceptors (Lipinski definition) is 3. The minimum Gasteiger partial charge on any atom is -0.480 e. The summed E-state index contributed by atoms with van der Waals surface area (Å²) in [4.78, 5) is 24.9. The van der Waals surface area contributed by atoms with Crippen molar-refractivity contribution in [2.24, 2.45) is 0 Å². The van der Waals surface area contributed by atoms with Gasteiger partial charge in [0.1, 0.15) is 0 Å². The highest BCUT2D eigenvalue weighted by atomic mass is 79.9. The van der Waals surface area contributed by atoms with Crippen LogP contribution in [0.3, 0.4) is 0 Å². The number of aliphatic carboxylic acids is 1. The summed E-state index contributed by atoms with van der Waals surface area (Å²) in [7, 11) is 0. The lowest BCUT2D eigenvalue weighted by Gasteiger charge is -2.42. The molecule has 1 saturated carbocycles. The van der Waals surface area contributed by atoms with E-state index in [0.29, 0.717) is 6.42 Å². The number of rotatable bonds is 7. The topological polar surface area (TPSA) is 69.6 Å². The quantitative estimate of drug-likeness (QED) is 0.759. The minimum atomic E-state index is -0.801. The molecule has 0 aliphatic heterocycles. The van der Waals surface area contributed by atoms with Gasteiger partial charge in [0.15, 0.2) is 0 Å². The first-order valence-corrected chi connectivity index (χ1v) is 8.69. The Hall–Kier alpha value is -1.40. The molecule has 1 amide bonds. The molecule has 1 aliphatic rings. The van der Waals surface area contributed by atoms with E-state index in [4.69, 9.17) is 5.11 Å². The first kappa shape index (κ1) is 17.9. The van der Waals surface area contributed by atoms with E-state index in [1.54, 1.807) is 0 Å². The van der Waals surface area contributed by atoms with Crippen molar-refractivity contribution in [2.75, 3.05) is 13.1 Å². The number of likely N-dealkylation sites (N-methyl/N-ethyl adjacent to an activating group) is 1. The average molecular weight is 383 g/mol. The van der Waals surface area contributed by atoms with Crippen LogP contribution in [0.2, 0.25) is 0 Å². The highest BCUT2D eigenvalue weighted by molar-refractivity contribution is 9.10. The minimum absolute atomic E-state index is 0.0240. The van der Waals surface area contributed by atoms with Gasteiger partial charge in [-0.3, -0.25) is 14.5 Å². The SMILES string of the molecule is CCN(CC(=O)O)C1CC(NC(=O)Cc2cccc(Br)c2C)C1. The number of carbonyl (C=O) groups is 2. The maximum atomic E-state index is 12.2. The molecule has 23 heavy (non-hydrogen) atoms. The van der Waals surface area contributed by atoms with Crippen LogP contribution in [0, 0.1) is 6.92 Å². The molecule has 6 heteroatoms. The summed E-state index contributed by atoms with van der Waals surface area (Å²) in [6.07, 6.45) is 2.02. The molecule has 0 bridgehead atoms. The number of halogens is 1. The van der Waals surface area contributed by atoms with Gasteiger partial charge >= 0.3 is 5.97 Å². The van der Waals surface area contributed by atoms with Crippen molar-refractivity contribution in [3.05, 3.63) is 33.8 Å². The number of carboxylic acids is 1. The normalized spacial score (nSPS) is 20.2. The molecular formula is C17H23BrN2O3. The van der Waals surface area contributed by atoms with Crippen molar-refractivity contribution in [3.8, 4) is 0 Å². The lowest BCUT2D eigenvalue weighted by atomic mass is 9.85. The van der Waals surface area contributed by atoms with E-state index >= 15 is 0 Å². The Morgan fingerprint density at radius 3 is 2.70 bits per heavy atom.